The minimum absolute atomic E-state index is 0. The van der Waals surface area contributed by atoms with Crippen LogP contribution in [0, 0.1) is 6.07 Å². The Labute approximate surface area is 77.9 Å². The molecule has 0 unspecified atom stereocenters. The monoisotopic (exact) mass is 126 g/mol. The van der Waals surface area contributed by atoms with E-state index < -0.39 is 0 Å². The fourth-order valence-corrected chi connectivity index (χ4v) is 0.534. The molecule has 0 heterocycles. The van der Waals surface area contributed by atoms with E-state index in [4.69, 9.17) is 0 Å². The molecule has 0 aliphatic carbocycles. The molecule has 0 radical (unpaired) electrons. The third-order valence-electron chi connectivity index (χ3n) is 0.953. The third-order valence-corrected chi connectivity index (χ3v) is 0.953. The molecular formula is C8H7Na. The van der Waals surface area contributed by atoms with Crippen LogP contribution in [0.3, 0.4) is 0 Å². The van der Waals surface area contributed by atoms with Crippen LogP contribution in [0.4, 0.5) is 0 Å². The maximum Gasteiger partial charge on any atom is 1.00 e. The topological polar surface area (TPSA) is 0 Å². The van der Waals surface area contributed by atoms with E-state index in [9.17, 15) is 0 Å². The molecule has 0 aromatic heterocycles. The maximum absolute atomic E-state index is 3.60. The van der Waals surface area contributed by atoms with E-state index in [0.717, 1.165) is 5.56 Å². The molecule has 0 fully saturated rings. The van der Waals surface area contributed by atoms with Crippen molar-refractivity contribution < 1.29 is 29.6 Å². The van der Waals surface area contributed by atoms with Crippen LogP contribution < -0.4 is 29.6 Å². The van der Waals surface area contributed by atoms with Crippen LogP contribution in [-0.4, -0.2) is 0 Å². The van der Waals surface area contributed by atoms with Crippen LogP contribution in [0.25, 0.3) is 6.08 Å². The van der Waals surface area contributed by atoms with Crippen LogP contribution in [0.5, 0.6) is 0 Å². The summed E-state index contributed by atoms with van der Waals surface area (Å²) in [7, 11) is 0. The quantitative estimate of drug-likeness (QED) is 0.339. The Morgan fingerprint density at radius 2 is 2.22 bits per heavy atom. The van der Waals surface area contributed by atoms with Gasteiger partial charge in [0.2, 0.25) is 0 Å². The van der Waals surface area contributed by atoms with Crippen molar-refractivity contribution in [2.45, 2.75) is 0 Å². The molecule has 0 bridgehead atoms. The van der Waals surface area contributed by atoms with Gasteiger partial charge in [-0.25, -0.2) is 0 Å². The van der Waals surface area contributed by atoms with Gasteiger partial charge < -0.3 is 0 Å². The summed E-state index contributed by atoms with van der Waals surface area (Å²) in [5, 5.41) is 0. The second-order valence-corrected chi connectivity index (χ2v) is 1.52. The fraction of sp³-hybridized carbons (Fsp3) is 0. The minimum atomic E-state index is 0. The van der Waals surface area contributed by atoms with Crippen LogP contribution >= 0.6 is 0 Å². The normalized spacial score (nSPS) is 7.56. The van der Waals surface area contributed by atoms with Gasteiger partial charge in [0.05, 0.1) is 0 Å². The zero-order chi connectivity index (χ0) is 5.82. The molecule has 0 N–H and O–H groups in total. The van der Waals surface area contributed by atoms with Gasteiger partial charge >= 0.3 is 29.6 Å². The number of hydrogen-bond donors (Lipinski definition) is 0. The predicted molar refractivity (Wildman–Crippen MR) is 35.4 cm³/mol. The number of rotatable bonds is 1. The van der Waals surface area contributed by atoms with Crippen molar-refractivity contribution in [1.82, 2.24) is 0 Å². The predicted octanol–water partition coefficient (Wildman–Crippen LogP) is -0.866. The van der Waals surface area contributed by atoms with Crippen molar-refractivity contribution in [1.29, 1.82) is 0 Å². The smallest absolute Gasteiger partial charge is 0.151 e. The first kappa shape index (κ1) is 8.96. The SMILES string of the molecule is C=Cc1[c-]cccc1.[Na+]. The van der Waals surface area contributed by atoms with E-state index in [1.165, 1.54) is 0 Å². The average molecular weight is 126 g/mol. The molecule has 0 aliphatic heterocycles. The minimum Gasteiger partial charge on any atom is -0.151 e. The Kier molecular flexibility index (Phi) is 4.78. The average Bonchev–Trinajstić information content (AvgIpc) is 1.90. The summed E-state index contributed by atoms with van der Waals surface area (Å²) in [5.41, 5.74) is 1.05. The van der Waals surface area contributed by atoms with E-state index in [-0.39, 0.29) is 29.6 Å². The molecule has 40 valence electrons. The molecule has 1 heteroatoms. The molecule has 0 atom stereocenters. The summed E-state index contributed by atoms with van der Waals surface area (Å²) < 4.78 is 0. The van der Waals surface area contributed by atoms with Gasteiger partial charge in [-0.05, 0) is 0 Å². The largest absolute Gasteiger partial charge is 1.00 e. The van der Waals surface area contributed by atoms with Gasteiger partial charge in [0, 0.05) is 0 Å². The summed E-state index contributed by atoms with van der Waals surface area (Å²) in [6, 6.07) is 10.7. The third kappa shape index (κ3) is 2.85. The van der Waals surface area contributed by atoms with E-state index in [1.54, 1.807) is 6.08 Å². The van der Waals surface area contributed by atoms with Gasteiger partial charge in [-0.15, -0.1) is 43.0 Å². The molecule has 9 heavy (non-hydrogen) atoms. The van der Waals surface area contributed by atoms with Crippen LogP contribution in [0.1, 0.15) is 5.56 Å². The first-order valence-corrected chi connectivity index (χ1v) is 2.52. The van der Waals surface area contributed by atoms with Crippen molar-refractivity contribution in [2.24, 2.45) is 0 Å². The Balaban J connectivity index is 0.000000640. The molecule has 1 rings (SSSR count). The van der Waals surface area contributed by atoms with Crippen LogP contribution in [0.15, 0.2) is 30.8 Å². The summed E-state index contributed by atoms with van der Waals surface area (Å²) >= 11 is 0. The zero-order valence-corrected chi connectivity index (χ0v) is 7.59. The van der Waals surface area contributed by atoms with Gasteiger partial charge in [-0.2, -0.15) is 5.56 Å². The number of hydrogen-bond acceptors (Lipinski definition) is 0. The van der Waals surface area contributed by atoms with Crippen molar-refractivity contribution >= 4 is 6.08 Å². The fourth-order valence-electron chi connectivity index (χ4n) is 0.534. The summed E-state index contributed by atoms with van der Waals surface area (Å²) in [6.07, 6.45) is 1.78. The number of benzene rings is 1. The second kappa shape index (κ2) is 4.80. The second-order valence-electron chi connectivity index (χ2n) is 1.52. The van der Waals surface area contributed by atoms with Gasteiger partial charge in [-0.3, -0.25) is 0 Å². The molecule has 0 saturated carbocycles. The first-order valence-electron chi connectivity index (χ1n) is 2.52. The molecule has 1 aromatic rings. The molecule has 1 aromatic carbocycles. The van der Waals surface area contributed by atoms with E-state index >= 15 is 0 Å². The van der Waals surface area contributed by atoms with Gasteiger partial charge in [0.1, 0.15) is 0 Å². The van der Waals surface area contributed by atoms with Crippen molar-refractivity contribution in [3.05, 3.63) is 42.5 Å². The Morgan fingerprint density at radius 3 is 2.56 bits per heavy atom. The molecule has 0 aliphatic rings. The molecule has 0 nitrogen and oxygen atoms in total. The summed E-state index contributed by atoms with van der Waals surface area (Å²) in [6.45, 7) is 3.60. The van der Waals surface area contributed by atoms with E-state index in [2.05, 4.69) is 12.6 Å². The Morgan fingerprint density at radius 1 is 1.44 bits per heavy atom. The zero-order valence-electron chi connectivity index (χ0n) is 5.59. The Hall–Kier alpha value is -0.0400. The van der Waals surface area contributed by atoms with Crippen LogP contribution in [0.2, 0.25) is 0 Å². The van der Waals surface area contributed by atoms with Gasteiger partial charge in [0.25, 0.3) is 0 Å². The van der Waals surface area contributed by atoms with Crippen LogP contribution in [-0.2, 0) is 0 Å². The molecule has 0 amide bonds. The van der Waals surface area contributed by atoms with Gasteiger partial charge in [0.15, 0.2) is 0 Å². The van der Waals surface area contributed by atoms with E-state index in [0.29, 0.717) is 0 Å². The molecular weight excluding hydrogens is 119 g/mol. The van der Waals surface area contributed by atoms with Gasteiger partial charge in [-0.1, -0.05) is 0 Å². The van der Waals surface area contributed by atoms with Crippen molar-refractivity contribution in [3.8, 4) is 0 Å². The van der Waals surface area contributed by atoms with E-state index in [1.807, 2.05) is 24.3 Å². The molecule has 0 saturated heterocycles. The maximum atomic E-state index is 3.60. The van der Waals surface area contributed by atoms with Crippen molar-refractivity contribution in [3.63, 3.8) is 0 Å². The first-order chi connectivity index (χ1) is 3.93. The summed E-state index contributed by atoms with van der Waals surface area (Å²) in [5.74, 6) is 0. The standard InChI is InChI=1S/C8H7.Na/c1-2-8-6-4-3-5-7-8;/h2-6H,1H2;/q-1;+1. The molecule has 0 spiro atoms. The van der Waals surface area contributed by atoms with Crippen molar-refractivity contribution in [2.75, 3.05) is 0 Å². The Bertz CT molecular complexity index is 167. The summed E-state index contributed by atoms with van der Waals surface area (Å²) in [4.78, 5) is 0.